The van der Waals surface area contributed by atoms with E-state index in [2.05, 4.69) is 23.4 Å². The van der Waals surface area contributed by atoms with E-state index >= 15 is 0 Å². The third-order valence-corrected chi connectivity index (χ3v) is 5.57. The topological polar surface area (TPSA) is 229 Å². The van der Waals surface area contributed by atoms with Crippen LogP contribution in [0.1, 0.15) is 6.23 Å². The van der Waals surface area contributed by atoms with Crippen LogP contribution in [-0.2, 0) is 28.2 Å². The number of anilines is 1. The van der Waals surface area contributed by atoms with Gasteiger partial charge in [0.05, 0.1) is 12.9 Å². The molecule has 0 aromatic carbocycles. The molecule has 5 unspecified atom stereocenters. The summed E-state index contributed by atoms with van der Waals surface area (Å²) in [6, 6.07) is 0. The van der Waals surface area contributed by atoms with Crippen LogP contribution in [0.3, 0.4) is 0 Å². The molecule has 1 aliphatic rings. The number of phosphoric acid groups is 1. The number of nitrogens with zero attached hydrogens (tertiary/aromatic N) is 4. The summed E-state index contributed by atoms with van der Waals surface area (Å²) in [7, 11) is -10.5. The van der Waals surface area contributed by atoms with Crippen molar-refractivity contribution in [2.75, 3.05) is 12.3 Å². The van der Waals surface area contributed by atoms with Crippen LogP contribution in [0.2, 0.25) is 0 Å². The Morgan fingerprint density at radius 3 is 2.61 bits per heavy atom. The summed E-state index contributed by atoms with van der Waals surface area (Å²) in [4.78, 5) is 20.9. The first-order valence-corrected chi connectivity index (χ1v) is 9.95. The zero-order valence-corrected chi connectivity index (χ0v) is 17.8. The molecule has 1 fully saturated rings. The molecule has 3 rings (SSSR count). The van der Waals surface area contributed by atoms with Gasteiger partial charge in [0.15, 0.2) is 17.7 Å². The van der Waals surface area contributed by atoms with E-state index in [-0.39, 0.29) is 46.5 Å². The van der Waals surface area contributed by atoms with Gasteiger partial charge in [0.1, 0.15) is 30.2 Å². The summed E-state index contributed by atoms with van der Waals surface area (Å²) in [5, 5.41) is 20.2. The second-order valence-corrected chi connectivity index (χ2v) is 8.04. The van der Waals surface area contributed by atoms with Gasteiger partial charge in [-0.3, -0.25) is 13.6 Å². The van der Waals surface area contributed by atoms with E-state index in [1.165, 1.54) is 10.9 Å². The fourth-order valence-electron chi connectivity index (χ4n) is 2.46. The Labute approximate surface area is 179 Å². The number of fused-ring (bicyclic) bond motifs is 1. The maximum absolute atomic E-state index is 11.4. The molecule has 1 saturated heterocycles. The molecule has 151 valence electrons. The Kier molecular flexibility index (Phi) is 7.18. The number of nitrogen functional groups attached to an aromatic ring is 1. The minimum Gasteiger partial charge on any atom is -0.387 e. The first kappa shape index (κ1) is 23.5. The molecule has 5 atom stereocenters. The molecule has 0 spiro atoms. The number of aromatic nitrogens is 4. The molecule has 1 radical (unpaired) electrons. The minimum absolute atomic E-state index is 0. The SMILES string of the molecule is Nc1ncnc2c1ncn2C1OC(COP(=O)(O)OS(=O)(=O)O)C(O)C1O.[Na]. The van der Waals surface area contributed by atoms with E-state index in [0.717, 1.165) is 6.33 Å². The maximum atomic E-state index is 11.4. The van der Waals surface area contributed by atoms with Gasteiger partial charge in [0.2, 0.25) is 0 Å². The molecule has 0 bridgehead atoms. The monoisotopic (exact) mass is 450 g/mol. The van der Waals surface area contributed by atoms with E-state index in [1.54, 1.807) is 0 Å². The summed E-state index contributed by atoms with van der Waals surface area (Å²) in [6.45, 7) is -0.845. The van der Waals surface area contributed by atoms with Gasteiger partial charge < -0.3 is 25.6 Å². The van der Waals surface area contributed by atoms with E-state index in [9.17, 15) is 28.1 Å². The van der Waals surface area contributed by atoms with Crippen molar-refractivity contribution in [3.05, 3.63) is 12.7 Å². The number of imidazole rings is 1. The van der Waals surface area contributed by atoms with Crippen molar-refractivity contribution in [3.8, 4) is 0 Å². The normalized spacial score (nSPS) is 27.4. The van der Waals surface area contributed by atoms with Crippen molar-refractivity contribution in [1.29, 1.82) is 0 Å². The first-order chi connectivity index (χ1) is 12.5. The third kappa shape index (κ3) is 5.05. The number of hydrogen-bond acceptors (Lipinski definition) is 12. The predicted octanol–water partition coefficient (Wildman–Crippen LogP) is -2.42. The number of aliphatic hydroxyl groups is 2. The van der Waals surface area contributed by atoms with Crippen LogP contribution in [0, 0.1) is 0 Å². The summed E-state index contributed by atoms with van der Waals surface area (Å²) in [6.07, 6.45) is -3.29. The van der Waals surface area contributed by atoms with Gasteiger partial charge in [-0.1, -0.05) is 0 Å². The molecule has 18 heteroatoms. The second kappa shape index (κ2) is 8.55. The van der Waals surface area contributed by atoms with Crippen LogP contribution < -0.4 is 5.73 Å². The van der Waals surface area contributed by atoms with Gasteiger partial charge in [-0.05, 0) is 0 Å². The molecule has 0 amide bonds. The average Bonchev–Trinajstić information content (AvgIpc) is 3.07. The molecule has 1 aliphatic heterocycles. The number of rotatable bonds is 6. The van der Waals surface area contributed by atoms with E-state index in [0.29, 0.717) is 0 Å². The van der Waals surface area contributed by atoms with Crippen LogP contribution >= 0.6 is 7.82 Å². The number of hydrogen-bond donors (Lipinski definition) is 5. The average molecular weight is 450 g/mol. The van der Waals surface area contributed by atoms with Crippen molar-refractivity contribution >= 4 is 64.8 Å². The zero-order chi connectivity index (χ0) is 20.0. The molecule has 0 aliphatic carbocycles. The molecule has 6 N–H and O–H groups in total. The summed E-state index contributed by atoms with van der Waals surface area (Å²) >= 11 is 0. The van der Waals surface area contributed by atoms with Crippen molar-refractivity contribution in [2.24, 2.45) is 0 Å². The number of ether oxygens (including phenoxy) is 1. The molecule has 3 heterocycles. The van der Waals surface area contributed by atoms with Crippen molar-refractivity contribution in [1.82, 2.24) is 19.5 Å². The molecule has 2 aromatic heterocycles. The van der Waals surface area contributed by atoms with Crippen molar-refractivity contribution < 1.29 is 45.9 Å². The van der Waals surface area contributed by atoms with E-state index in [1.807, 2.05) is 0 Å². The standard InChI is InChI=1S/C10H14N5O10PS.Na/c11-8-5-9(13-2-12-8)15(3-14-5)10-7(17)6(16)4(24-10)1-23-26(18,19)25-27(20,21)22;/h2-4,6-7,10,16-17H,1H2,(H,18,19)(H2,11,12,13)(H,20,21,22);. The van der Waals surface area contributed by atoms with Gasteiger partial charge in [-0.2, -0.15) is 8.42 Å². The third-order valence-electron chi connectivity index (χ3n) is 3.59. The minimum atomic E-state index is -5.26. The number of phosphoric ester groups is 1. The quantitative estimate of drug-likeness (QED) is 0.175. The molecule has 2 aromatic rings. The van der Waals surface area contributed by atoms with Gasteiger partial charge in [0.25, 0.3) is 0 Å². The molecule has 15 nitrogen and oxygen atoms in total. The Morgan fingerprint density at radius 2 is 1.96 bits per heavy atom. The largest absolute Gasteiger partial charge is 0.488 e. The Bertz CT molecular complexity index is 1000. The second-order valence-electron chi connectivity index (χ2n) is 5.40. The molecule has 0 saturated carbocycles. The number of aliphatic hydroxyl groups excluding tert-OH is 2. The van der Waals surface area contributed by atoms with Gasteiger partial charge in [-0.15, -0.1) is 3.97 Å². The first-order valence-electron chi connectivity index (χ1n) is 7.09. The Hall–Kier alpha value is -0.750. The zero-order valence-electron chi connectivity index (χ0n) is 14.1. The summed E-state index contributed by atoms with van der Waals surface area (Å²) in [5.41, 5.74) is 6.08. The maximum Gasteiger partial charge on any atom is 0.488 e. The van der Waals surface area contributed by atoms with Gasteiger partial charge in [-0.25, -0.2) is 19.5 Å². The van der Waals surface area contributed by atoms with Crippen LogP contribution in [-0.4, -0.2) is 102 Å². The summed E-state index contributed by atoms with van der Waals surface area (Å²) < 4.78 is 55.3. The Balaban J connectivity index is 0.00000280. The van der Waals surface area contributed by atoms with Crippen molar-refractivity contribution in [3.63, 3.8) is 0 Å². The van der Waals surface area contributed by atoms with Crippen LogP contribution in [0.5, 0.6) is 0 Å². The van der Waals surface area contributed by atoms with Crippen molar-refractivity contribution in [2.45, 2.75) is 24.5 Å². The van der Waals surface area contributed by atoms with E-state index < -0.39 is 49.4 Å². The van der Waals surface area contributed by atoms with Crippen LogP contribution in [0.4, 0.5) is 5.82 Å². The molecule has 28 heavy (non-hydrogen) atoms. The fraction of sp³-hybridized carbons (Fsp3) is 0.500. The van der Waals surface area contributed by atoms with Gasteiger partial charge in [0, 0.05) is 29.6 Å². The Morgan fingerprint density at radius 1 is 1.29 bits per heavy atom. The van der Waals surface area contributed by atoms with E-state index in [4.69, 9.17) is 15.0 Å². The fourth-order valence-corrected chi connectivity index (χ4v) is 3.92. The smallest absolute Gasteiger partial charge is 0.387 e. The van der Waals surface area contributed by atoms with Crippen LogP contribution in [0.25, 0.3) is 11.2 Å². The van der Waals surface area contributed by atoms with Crippen LogP contribution in [0.15, 0.2) is 12.7 Å². The summed E-state index contributed by atoms with van der Waals surface area (Å²) in [5.74, 6) is 0.0789. The number of nitrogens with two attached hydrogens (primary N) is 1. The molecular weight excluding hydrogens is 436 g/mol. The predicted molar refractivity (Wildman–Crippen MR) is 89.8 cm³/mol. The van der Waals surface area contributed by atoms with Gasteiger partial charge >= 0.3 is 18.2 Å². The molecular formula is C10H14N5NaO10PS.